The molecule has 0 radical (unpaired) electrons. The van der Waals surface area contributed by atoms with E-state index in [1.165, 1.54) is 0 Å². The molecule has 2 aliphatic rings. The number of aliphatic imine (C=N–C) groups is 1. The molecular weight excluding hydrogens is 362 g/mol. The summed E-state index contributed by atoms with van der Waals surface area (Å²) >= 11 is 0. The smallest absolute Gasteiger partial charge is 0.171 e. The Balaban J connectivity index is 1.57. The summed E-state index contributed by atoms with van der Waals surface area (Å²) in [4.78, 5) is 20.9. The topological polar surface area (TPSA) is 67.9 Å². The van der Waals surface area contributed by atoms with Gasteiger partial charge in [0.1, 0.15) is 0 Å². The second-order valence-corrected chi connectivity index (χ2v) is 7.90. The van der Waals surface area contributed by atoms with Gasteiger partial charge in [-0.3, -0.25) is 9.69 Å². The van der Waals surface area contributed by atoms with Crippen molar-refractivity contribution < 1.29 is 9.53 Å². The first kappa shape index (κ1) is 19.8. The zero-order valence-corrected chi connectivity index (χ0v) is 16.8. The van der Waals surface area contributed by atoms with Crippen LogP contribution in [0.1, 0.15) is 30.4 Å². The first-order chi connectivity index (χ1) is 14.2. The zero-order chi connectivity index (χ0) is 20.1. The van der Waals surface area contributed by atoms with E-state index in [1.54, 1.807) is 0 Å². The van der Waals surface area contributed by atoms with Crippen molar-refractivity contribution in [3.8, 4) is 0 Å². The second kappa shape index (κ2) is 8.89. The van der Waals surface area contributed by atoms with E-state index >= 15 is 0 Å². The quantitative estimate of drug-likeness (QED) is 0.822. The number of hydrogen-bond acceptors (Lipinski definition) is 5. The molecule has 2 aromatic carbocycles. The number of amidine groups is 1. The van der Waals surface area contributed by atoms with Crippen LogP contribution in [0.15, 0.2) is 65.7 Å². The Bertz CT molecular complexity index is 805. The molecule has 0 spiro atoms. The van der Waals surface area contributed by atoms with Gasteiger partial charge in [0.25, 0.3) is 0 Å². The number of carbonyl (C=O) groups excluding carboxylic acids is 1. The van der Waals surface area contributed by atoms with Gasteiger partial charge in [0.05, 0.1) is 19.0 Å². The third-order valence-corrected chi connectivity index (χ3v) is 6.06. The third kappa shape index (κ3) is 4.11. The molecule has 5 heteroatoms. The van der Waals surface area contributed by atoms with Crippen LogP contribution in [-0.4, -0.2) is 49.4 Å². The molecule has 0 saturated carbocycles. The molecule has 0 aliphatic carbocycles. The molecule has 2 aromatic rings. The summed E-state index contributed by atoms with van der Waals surface area (Å²) < 4.78 is 5.41. The number of hydrogen-bond donors (Lipinski definition) is 1. The van der Waals surface area contributed by atoms with E-state index in [9.17, 15) is 4.79 Å². The highest BCUT2D eigenvalue weighted by Crippen LogP contribution is 2.40. The highest BCUT2D eigenvalue weighted by atomic mass is 16.5. The van der Waals surface area contributed by atoms with E-state index in [-0.39, 0.29) is 11.7 Å². The standard InChI is InChI=1S/C24H29N3O2/c25-23-19(8-7-13-27-14-16-29-17-15-27)18-22(28)24(26-23,20-9-3-1-4-10-20)21-11-5-2-6-12-21/h1-6,9-12,19H,7-8,13-18H2,(H2,25,26). The lowest BCUT2D eigenvalue weighted by Gasteiger charge is -2.36. The lowest BCUT2D eigenvalue weighted by Crippen LogP contribution is -2.45. The largest absolute Gasteiger partial charge is 0.387 e. The Labute approximate surface area is 172 Å². The number of ether oxygens (including phenoxy) is 1. The van der Waals surface area contributed by atoms with Gasteiger partial charge in [0.2, 0.25) is 0 Å². The Kier molecular flexibility index (Phi) is 6.07. The van der Waals surface area contributed by atoms with Crippen LogP contribution in [0.2, 0.25) is 0 Å². The number of nitrogens with zero attached hydrogens (tertiary/aromatic N) is 2. The zero-order valence-electron chi connectivity index (χ0n) is 16.8. The van der Waals surface area contributed by atoms with E-state index in [4.69, 9.17) is 15.5 Å². The number of benzene rings is 2. The van der Waals surface area contributed by atoms with Crippen LogP contribution in [-0.2, 0) is 15.1 Å². The molecule has 1 fully saturated rings. The maximum atomic E-state index is 13.5. The highest BCUT2D eigenvalue weighted by Gasteiger charge is 2.46. The summed E-state index contributed by atoms with van der Waals surface area (Å²) in [5.41, 5.74) is 7.20. The maximum absolute atomic E-state index is 13.5. The summed E-state index contributed by atoms with van der Waals surface area (Å²) in [7, 11) is 0. The highest BCUT2D eigenvalue weighted by molar-refractivity contribution is 6.02. The number of nitrogens with two attached hydrogens (primary N) is 1. The molecule has 2 heterocycles. The monoisotopic (exact) mass is 391 g/mol. The van der Waals surface area contributed by atoms with Crippen molar-refractivity contribution in [1.82, 2.24) is 4.90 Å². The fourth-order valence-electron chi connectivity index (χ4n) is 4.44. The van der Waals surface area contributed by atoms with Gasteiger partial charge in [-0.2, -0.15) is 0 Å². The molecule has 152 valence electrons. The molecular formula is C24H29N3O2. The Morgan fingerprint density at radius 3 is 2.17 bits per heavy atom. The minimum Gasteiger partial charge on any atom is -0.387 e. The maximum Gasteiger partial charge on any atom is 0.171 e. The Morgan fingerprint density at radius 1 is 1.00 bits per heavy atom. The summed E-state index contributed by atoms with van der Waals surface area (Å²) in [6.45, 7) is 4.60. The first-order valence-electron chi connectivity index (χ1n) is 10.5. The fraction of sp³-hybridized carbons (Fsp3) is 0.417. The molecule has 29 heavy (non-hydrogen) atoms. The van der Waals surface area contributed by atoms with Crippen molar-refractivity contribution in [1.29, 1.82) is 0 Å². The summed E-state index contributed by atoms with van der Waals surface area (Å²) in [5, 5.41) is 0. The summed E-state index contributed by atoms with van der Waals surface area (Å²) in [6.07, 6.45) is 2.33. The Hall–Kier alpha value is -2.50. The minimum absolute atomic E-state index is 0.0177. The SMILES string of the molecule is NC1=NC(c2ccccc2)(c2ccccc2)C(=O)CC1CCCN1CCOCC1. The molecule has 0 bridgehead atoms. The van der Waals surface area contributed by atoms with Crippen LogP contribution < -0.4 is 5.73 Å². The average Bonchev–Trinajstić information content (AvgIpc) is 2.78. The van der Waals surface area contributed by atoms with Crippen LogP contribution in [0, 0.1) is 5.92 Å². The Morgan fingerprint density at radius 2 is 1.59 bits per heavy atom. The number of rotatable bonds is 6. The van der Waals surface area contributed by atoms with E-state index in [0.29, 0.717) is 12.3 Å². The van der Waals surface area contributed by atoms with Crippen LogP contribution in [0.25, 0.3) is 0 Å². The van der Waals surface area contributed by atoms with Gasteiger partial charge in [-0.1, -0.05) is 60.7 Å². The molecule has 5 nitrogen and oxygen atoms in total. The van der Waals surface area contributed by atoms with Crippen molar-refractivity contribution >= 4 is 11.6 Å². The number of ketones is 1. The number of carbonyl (C=O) groups is 1. The van der Waals surface area contributed by atoms with E-state index in [2.05, 4.69) is 4.90 Å². The van der Waals surface area contributed by atoms with Gasteiger partial charge >= 0.3 is 0 Å². The van der Waals surface area contributed by atoms with Gasteiger partial charge < -0.3 is 10.5 Å². The summed E-state index contributed by atoms with van der Waals surface area (Å²) in [5.74, 6) is 0.740. The van der Waals surface area contributed by atoms with E-state index in [1.807, 2.05) is 60.7 Å². The lowest BCUT2D eigenvalue weighted by molar-refractivity contribution is -0.124. The molecule has 4 rings (SSSR count). The fourth-order valence-corrected chi connectivity index (χ4v) is 4.44. The molecule has 0 amide bonds. The van der Waals surface area contributed by atoms with Gasteiger partial charge in [0, 0.05) is 25.4 Å². The molecule has 0 aromatic heterocycles. The molecule has 1 saturated heterocycles. The van der Waals surface area contributed by atoms with Crippen molar-refractivity contribution in [2.24, 2.45) is 16.6 Å². The van der Waals surface area contributed by atoms with E-state index < -0.39 is 5.54 Å². The predicted molar refractivity (Wildman–Crippen MR) is 115 cm³/mol. The first-order valence-corrected chi connectivity index (χ1v) is 10.5. The van der Waals surface area contributed by atoms with Crippen molar-refractivity contribution in [3.05, 3.63) is 71.8 Å². The molecule has 2 aliphatic heterocycles. The molecule has 1 unspecified atom stereocenters. The molecule has 1 atom stereocenters. The second-order valence-electron chi connectivity index (χ2n) is 7.90. The van der Waals surface area contributed by atoms with Gasteiger partial charge in [-0.15, -0.1) is 0 Å². The molecule has 2 N–H and O–H groups in total. The van der Waals surface area contributed by atoms with Gasteiger partial charge in [-0.05, 0) is 30.5 Å². The van der Waals surface area contributed by atoms with Crippen LogP contribution in [0.4, 0.5) is 0 Å². The van der Waals surface area contributed by atoms with Gasteiger partial charge in [-0.25, -0.2) is 4.99 Å². The van der Waals surface area contributed by atoms with Crippen molar-refractivity contribution in [2.75, 3.05) is 32.8 Å². The van der Waals surface area contributed by atoms with E-state index in [0.717, 1.165) is 56.8 Å². The summed E-state index contributed by atoms with van der Waals surface area (Å²) in [6, 6.07) is 19.6. The van der Waals surface area contributed by atoms with Crippen molar-refractivity contribution in [2.45, 2.75) is 24.8 Å². The average molecular weight is 392 g/mol. The lowest BCUT2D eigenvalue weighted by atomic mass is 9.74. The predicted octanol–water partition coefficient (Wildman–Crippen LogP) is 2.99. The van der Waals surface area contributed by atoms with Crippen LogP contribution in [0.3, 0.4) is 0 Å². The normalized spacial score (nSPS) is 22.3. The number of morpholine rings is 1. The minimum atomic E-state index is -1.03. The van der Waals surface area contributed by atoms with Crippen LogP contribution in [0.5, 0.6) is 0 Å². The third-order valence-electron chi connectivity index (χ3n) is 6.06. The van der Waals surface area contributed by atoms with Crippen LogP contribution >= 0.6 is 0 Å². The number of Topliss-reactive ketones (excluding diaryl/α,β-unsaturated/α-hetero) is 1. The van der Waals surface area contributed by atoms with Gasteiger partial charge in [0.15, 0.2) is 11.3 Å². The van der Waals surface area contributed by atoms with Crippen molar-refractivity contribution in [3.63, 3.8) is 0 Å².